The molecule has 6 aliphatic carbocycles. The first kappa shape index (κ1) is 36.1. The Morgan fingerprint density at radius 2 is 1.07 bits per heavy atom. The molecule has 12 rings (SSSR count). The zero-order valence-electron chi connectivity index (χ0n) is 36.1. The SMILES string of the molecule is CC1(C)CCC(C)(C)c2cc(N(c3ccc4c(c3)C(C)(C)CCC4(C)C)c3c(-c4ccccc4)ccc4c3Sc3ccccc3C43C4CC5CC6CC3C64C5)ccc21. The number of anilines is 3. The van der Waals surface area contributed by atoms with Crippen molar-refractivity contribution in [2.45, 2.75) is 144 Å². The van der Waals surface area contributed by atoms with Gasteiger partial charge in [0, 0.05) is 32.1 Å². The Morgan fingerprint density at radius 3 is 1.69 bits per heavy atom. The largest absolute Gasteiger partial charge is 0.309 e. The molecule has 2 heteroatoms. The lowest BCUT2D eigenvalue weighted by atomic mass is 9.26. The van der Waals surface area contributed by atoms with Crippen LogP contribution in [0, 0.1) is 29.1 Å². The molecule has 5 aromatic carbocycles. The van der Waals surface area contributed by atoms with Crippen LogP contribution in [0.2, 0.25) is 0 Å². The zero-order valence-corrected chi connectivity index (χ0v) is 37.0. The van der Waals surface area contributed by atoms with Crippen molar-refractivity contribution in [3.05, 3.63) is 137 Å². The lowest BCUT2D eigenvalue weighted by Gasteiger charge is -2.78. The van der Waals surface area contributed by atoms with E-state index < -0.39 is 0 Å². The maximum atomic E-state index is 2.75. The van der Waals surface area contributed by atoms with Gasteiger partial charge in [-0.25, -0.2) is 0 Å². The Bertz CT molecular complexity index is 2480. The van der Waals surface area contributed by atoms with Crippen LogP contribution in [0.15, 0.2) is 113 Å². The second kappa shape index (κ2) is 11.5. The van der Waals surface area contributed by atoms with Crippen molar-refractivity contribution in [1.82, 2.24) is 0 Å². The van der Waals surface area contributed by atoms with E-state index in [1.807, 2.05) is 0 Å². The van der Waals surface area contributed by atoms with E-state index in [2.05, 4.69) is 175 Å². The quantitative estimate of drug-likeness (QED) is 0.179. The van der Waals surface area contributed by atoms with Gasteiger partial charge in [0.15, 0.2) is 0 Å². The molecule has 1 aliphatic heterocycles. The molecular weight excluding hydrogens is 719 g/mol. The number of benzene rings is 5. The Labute approximate surface area is 352 Å². The molecule has 0 radical (unpaired) electrons. The third-order valence-electron chi connectivity index (χ3n) is 18.1. The maximum Gasteiger partial charge on any atom is 0.0682 e. The van der Waals surface area contributed by atoms with Crippen LogP contribution >= 0.6 is 11.8 Å². The predicted octanol–water partition coefficient (Wildman–Crippen LogP) is 15.3. The predicted molar refractivity (Wildman–Crippen MR) is 243 cm³/mol. The number of hydrogen-bond donors (Lipinski definition) is 0. The molecule has 4 saturated carbocycles. The van der Waals surface area contributed by atoms with Gasteiger partial charge in [-0.2, -0.15) is 0 Å². The Morgan fingerprint density at radius 1 is 0.517 bits per heavy atom. The second-order valence-electron chi connectivity index (χ2n) is 22.7. The first-order valence-corrected chi connectivity index (χ1v) is 23.6. The molecule has 0 aromatic heterocycles. The van der Waals surface area contributed by atoms with E-state index >= 15 is 0 Å². The molecule has 0 amide bonds. The van der Waals surface area contributed by atoms with Crippen LogP contribution in [0.25, 0.3) is 11.1 Å². The Hall–Kier alpha value is -3.75. The van der Waals surface area contributed by atoms with E-state index in [1.54, 1.807) is 11.1 Å². The number of rotatable bonds is 4. The lowest BCUT2D eigenvalue weighted by Crippen LogP contribution is -2.74. The molecule has 6 unspecified atom stereocenters. The van der Waals surface area contributed by atoms with Gasteiger partial charge in [-0.05, 0) is 171 Å². The van der Waals surface area contributed by atoms with Crippen LogP contribution in [0.3, 0.4) is 0 Å². The highest BCUT2D eigenvalue weighted by Gasteiger charge is 2.84. The standard InChI is InChI=1S/C56H61NS/c1-51(2)24-26-53(5,6)44-31-37(18-21-40(44)51)57(38-19-22-41-45(32-38)54(7,8)27-25-52(41,3)4)49-39(35-14-10-9-11-15-35)20-23-43-50(49)58-46-17-13-12-16-42(46)56(43)47-29-34-28-36-30-48(56)55(36,47)33-34/h9-23,31-32,34,36,47-48H,24-30,33H2,1-8H3. The van der Waals surface area contributed by atoms with Crippen LogP contribution in [0.4, 0.5) is 17.1 Å². The van der Waals surface area contributed by atoms with Crippen molar-refractivity contribution >= 4 is 28.8 Å². The van der Waals surface area contributed by atoms with Gasteiger partial charge in [-0.3, -0.25) is 0 Å². The zero-order chi connectivity index (χ0) is 39.8. The van der Waals surface area contributed by atoms with Crippen molar-refractivity contribution in [2.24, 2.45) is 29.1 Å². The van der Waals surface area contributed by atoms with E-state index in [0.717, 1.165) is 23.7 Å². The van der Waals surface area contributed by atoms with Crippen LogP contribution in [-0.2, 0) is 27.1 Å². The fourth-order valence-electron chi connectivity index (χ4n) is 15.0. The lowest BCUT2D eigenvalue weighted by molar-refractivity contribution is -0.235. The van der Waals surface area contributed by atoms with Crippen molar-refractivity contribution < 1.29 is 0 Å². The summed E-state index contributed by atoms with van der Waals surface area (Å²) in [5, 5.41) is 0. The van der Waals surface area contributed by atoms with Gasteiger partial charge in [0.05, 0.1) is 5.69 Å². The summed E-state index contributed by atoms with van der Waals surface area (Å²) >= 11 is 2.07. The normalized spacial score (nSPS) is 31.5. The van der Waals surface area contributed by atoms with Gasteiger partial charge in [0.1, 0.15) is 0 Å². The summed E-state index contributed by atoms with van der Waals surface area (Å²) in [6.07, 6.45) is 10.7. The molecule has 58 heavy (non-hydrogen) atoms. The smallest absolute Gasteiger partial charge is 0.0682 e. The van der Waals surface area contributed by atoms with Gasteiger partial charge >= 0.3 is 0 Å². The third kappa shape index (κ3) is 4.47. The van der Waals surface area contributed by atoms with Crippen LogP contribution in [0.5, 0.6) is 0 Å². The minimum atomic E-state index is 0.0994. The molecule has 6 atom stereocenters. The van der Waals surface area contributed by atoms with Crippen LogP contribution in [-0.4, -0.2) is 0 Å². The topological polar surface area (TPSA) is 3.24 Å². The molecule has 2 bridgehead atoms. The van der Waals surface area contributed by atoms with Crippen molar-refractivity contribution in [2.75, 3.05) is 4.90 Å². The van der Waals surface area contributed by atoms with Gasteiger partial charge in [-0.15, -0.1) is 0 Å². The minimum absolute atomic E-state index is 0.0994. The molecule has 2 spiro atoms. The van der Waals surface area contributed by atoms with Gasteiger partial charge in [0.2, 0.25) is 0 Å². The van der Waals surface area contributed by atoms with Crippen LogP contribution < -0.4 is 4.90 Å². The summed E-state index contributed by atoms with van der Waals surface area (Å²) in [6, 6.07) is 41.5. The summed E-state index contributed by atoms with van der Waals surface area (Å²) < 4.78 is 0. The molecule has 1 nitrogen and oxygen atoms in total. The molecular formula is C56H61NS. The molecule has 0 N–H and O–H groups in total. The van der Waals surface area contributed by atoms with E-state index in [4.69, 9.17) is 0 Å². The molecule has 4 fully saturated rings. The molecule has 296 valence electrons. The van der Waals surface area contributed by atoms with E-state index in [1.165, 1.54) is 112 Å². The summed E-state index contributed by atoms with van der Waals surface area (Å²) in [7, 11) is 0. The van der Waals surface area contributed by atoms with Crippen molar-refractivity contribution in [1.29, 1.82) is 0 Å². The average Bonchev–Trinajstić information content (AvgIpc) is 3.74. The average molecular weight is 780 g/mol. The van der Waals surface area contributed by atoms with Crippen molar-refractivity contribution in [3.63, 3.8) is 0 Å². The van der Waals surface area contributed by atoms with Gasteiger partial charge in [-0.1, -0.05) is 140 Å². The van der Waals surface area contributed by atoms with E-state index in [0.29, 0.717) is 5.41 Å². The van der Waals surface area contributed by atoms with Crippen LogP contribution in [0.1, 0.15) is 140 Å². The van der Waals surface area contributed by atoms with Crippen molar-refractivity contribution in [3.8, 4) is 11.1 Å². The highest BCUT2D eigenvalue weighted by Crippen LogP contribution is 2.89. The third-order valence-corrected chi connectivity index (χ3v) is 19.3. The Kier molecular flexibility index (Phi) is 7.19. The highest BCUT2D eigenvalue weighted by atomic mass is 32.2. The van der Waals surface area contributed by atoms with E-state index in [9.17, 15) is 0 Å². The minimum Gasteiger partial charge on any atom is -0.309 e. The fraction of sp³-hybridized carbons (Fsp3) is 0.464. The monoisotopic (exact) mass is 779 g/mol. The Balaban J connectivity index is 1.17. The van der Waals surface area contributed by atoms with Gasteiger partial charge < -0.3 is 4.90 Å². The summed E-state index contributed by atoms with van der Waals surface area (Å²) in [4.78, 5) is 5.74. The summed E-state index contributed by atoms with van der Waals surface area (Å²) in [5.41, 5.74) is 17.2. The molecule has 5 aromatic rings. The molecule has 7 aliphatic rings. The maximum absolute atomic E-state index is 2.75. The molecule has 0 saturated heterocycles. The van der Waals surface area contributed by atoms with Gasteiger partial charge in [0.25, 0.3) is 0 Å². The first-order chi connectivity index (χ1) is 27.7. The number of fused-ring (bicyclic) bond motifs is 9. The van der Waals surface area contributed by atoms with E-state index in [-0.39, 0.29) is 27.1 Å². The number of hydrogen-bond acceptors (Lipinski definition) is 2. The highest BCUT2D eigenvalue weighted by molar-refractivity contribution is 7.99. The number of nitrogens with zero attached hydrogens (tertiary/aromatic N) is 1. The fourth-order valence-corrected chi connectivity index (χ4v) is 16.4. The molecule has 1 heterocycles. The summed E-state index contributed by atoms with van der Waals surface area (Å²) in [5.74, 6) is 3.40. The summed E-state index contributed by atoms with van der Waals surface area (Å²) in [6.45, 7) is 19.8. The first-order valence-electron chi connectivity index (χ1n) is 22.8. The second-order valence-corrected chi connectivity index (χ2v) is 23.7.